The smallest absolute Gasteiger partial charge is 0.179 e. The summed E-state index contributed by atoms with van der Waals surface area (Å²) in [6.45, 7) is 5.33. The molecule has 2 unspecified atom stereocenters. The Kier molecular flexibility index (Phi) is 7.53. The summed E-state index contributed by atoms with van der Waals surface area (Å²) in [5.74, 6) is 0.845. The van der Waals surface area contributed by atoms with Crippen LogP contribution in [-0.4, -0.2) is 46.6 Å². The van der Waals surface area contributed by atoms with Gasteiger partial charge in [0.1, 0.15) is 5.76 Å². The zero-order valence-electron chi connectivity index (χ0n) is 17.8. The van der Waals surface area contributed by atoms with E-state index in [9.17, 15) is 8.42 Å². The molecule has 162 valence electrons. The number of ether oxygens (including phenoxy) is 1. The Balaban J connectivity index is 1.69. The van der Waals surface area contributed by atoms with E-state index in [1.807, 2.05) is 25.3 Å². The zero-order valence-corrected chi connectivity index (χ0v) is 18.6. The summed E-state index contributed by atoms with van der Waals surface area (Å²) in [6.07, 6.45) is 2.75. The Morgan fingerprint density at radius 3 is 2.63 bits per heavy atom. The van der Waals surface area contributed by atoms with Gasteiger partial charge in [-0.2, -0.15) is 0 Å². The molecule has 3 N–H and O–H groups in total. The summed E-state index contributed by atoms with van der Waals surface area (Å²) < 4.78 is 31.3. The summed E-state index contributed by atoms with van der Waals surface area (Å²) in [7, 11) is -1.39. The number of nitrogens with one attached hydrogen (secondary N) is 3. The number of aryl methyl sites for hydroxylation is 1. The zero-order chi connectivity index (χ0) is 21.6. The van der Waals surface area contributed by atoms with Gasteiger partial charge in [0, 0.05) is 17.8 Å². The molecule has 1 aliphatic heterocycles. The maximum Gasteiger partial charge on any atom is 0.179 e. The molecule has 0 aliphatic carbocycles. The van der Waals surface area contributed by atoms with Crippen LogP contribution in [0.1, 0.15) is 24.5 Å². The van der Waals surface area contributed by atoms with Crippen LogP contribution in [0.15, 0.2) is 59.5 Å². The molecule has 2 atom stereocenters. The van der Waals surface area contributed by atoms with Gasteiger partial charge in [0.15, 0.2) is 9.84 Å². The van der Waals surface area contributed by atoms with Crippen molar-refractivity contribution in [2.75, 3.05) is 31.2 Å². The minimum absolute atomic E-state index is 0.0263. The van der Waals surface area contributed by atoms with Crippen molar-refractivity contribution in [3.8, 4) is 0 Å². The van der Waals surface area contributed by atoms with Gasteiger partial charge in [0.2, 0.25) is 0 Å². The van der Waals surface area contributed by atoms with E-state index in [2.05, 4.69) is 41.9 Å². The molecule has 0 radical (unpaired) electrons. The normalized spacial score (nSPS) is 16.9. The fraction of sp³-hybridized carbons (Fsp3) is 0.391. The number of hydrogen-bond donors (Lipinski definition) is 3. The number of rotatable bonds is 10. The summed E-state index contributed by atoms with van der Waals surface area (Å²) >= 11 is 0. The molecule has 6 nitrogen and oxygen atoms in total. The second-order valence-electron chi connectivity index (χ2n) is 7.61. The molecule has 0 aromatic heterocycles. The minimum Gasteiger partial charge on any atom is -0.490 e. The molecular formula is C23H31N3O3S. The van der Waals surface area contributed by atoms with Crippen LogP contribution in [0.2, 0.25) is 0 Å². The molecule has 30 heavy (non-hydrogen) atoms. The van der Waals surface area contributed by atoms with E-state index in [0.29, 0.717) is 11.4 Å². The molecule has 0 saturated carbocycles. The van der Waals surface area contributed by atoms with Crippen LogP contribution < -0.4 is 16.0 Å². The first-order chi connectivity index (χ1) is 14.4. The molecule has 0 saturated heterocycles. The molecule has 1 aliphatic rings. The van der Waals surface area contributed by atoms with E-state index in [4.69, 9.17) is 4.74 Å². The molecule has 1 heterocycles. The van der Waals surface area contributed by atoms with Gasteiger partial charge in [-0.3, -0.25) is 5.32 Å². The molecule has 0 fully saturated rings. The maximum atomic E-state index is 12.5. The third kappa shape index (κ3) is 5.84. The van der Waals surface area contributed by atoms with E-state index >= 15 is 0 Å². The van der Waals surface area contributed by atoms with Crippen molar-refractivity contribution in [1.82, 2.24) is 10.6 Å². The predicted octanol–water partition coefficient (Wildman–Crippen LogP) is 3.17. The van der Waals surface area contributed by atoms with Gasteiger partial charge in [-0.05, 0) is 64.2 Å². The van der Waals surface area contributed by atoms with Crippen molar-refractivity contribution in [3.63, 3.8) is 0 Å². The molecule has 0 bridgehead atoms. The highest BCUT2D eigenvalue weighted by atomic mass is 32.2. The van der Waals surface area contributed by atoms with Crippen molar-refractivity contribution >= 4 is 21.3 Å². The standard InChI is InChI=1S/C23H31N3O3S/c1-17-9-10-21-20(15-17)22(29-18(2)11-12-24-3)16-23(26-21)25-13-14-30(27,28)19-7-5-4-6-8-19/h4-10,15-16,18,23-26H,11-14H2,1-3H3. The highest BCUT2D eigenvalue weighted by Crippen LogP contribution is 2.32. The van der Waals surface area contributed by atoms with Crippen molar-refractivity contribution in [1.29, 1.82) is 0 Å². The molecule has 3 rings (SSSR count). The van der Waals surface area contributed by atoms with Crippen LogP contribution in [0.4, 0.5) is 5.69 Å². The number of fused-ring (bicyclic) bond motifs is 1. The van der Waals surface area contributed by atoms with Crippen LogP contribution in [-0.2, 0) is 14.6 Å². The van der Waals surface area contributed by atoms with Crippen molar-refractivity contribution in [2.24, 2.45) is 0 Å². The Bertz CT molecular complexity index is 974. The minimum atomic E-state index is -3.32. The van der Waals surface area contributed by atoms with Crippen molar-refractivity contribution in [3.05, 3.63) is 65.7 Å². The van der Waals surface area contributed by atoms with Crippen LogP contribution >= 0.6 is 0 Å². The fourth-order valence-electron chi connectivity index (χ4n) is 3.37. The Hall–Kier alpha value is -2.35. The molecule has 2 aromatic carbocycles. The Morgan fingerprint density at radius 1 is 1.13 bits per heavy atom. The van der Waals surface area contributed by atoms with E-state index in [0.717, 1.165) is 35.5 Å². The summed E-state index contributed by atoms with van der Waals surface area (Å²) in [5.41, 5.74) is 3.16. The number of anilines is 1. The molecule has 7 heteroatoms. The van der Waals surface area contributed by atoms with Gasteiger partial charge >= 0.3 is 0 Å². The Labute approximate surface area is 179 Å². The molecule has 2 aromatic rings. The van der Waals surface area contributed by atoms with E-state index in [1.54, 1.807) is 24.3 Å². The maximum absolute atomic E-state index is 12.5. The SMILES string of the molecule is CNCCC(C)OC1=CC(NCCS(=O)(=O)c2ccccc2)Nc2ccc(C)cc21. The Morgan fingerprint density at radius 2 is 1.90 bits per heavy atom. The molecule has 0 amide bonds. The second-order valence-corrected chi connectivity index (χ2v) is 9.72. The average Bonchev–Trinajstić information content (AvgIpc) is 2.73. The second kappa shape index (κ2) is 10.1. The largest absolute Gasteiger partial charge is 0.490 e. The van der Waals surface area contributed by atoms with Crippen molar-refractivity contribution < 1.29 is 13.2 Å². The highest BCUT2D eigenvalue weighted by molar-refractivity contribution is 7.91. The summed E-state index contributed by atoms with van der Waals surface area (Å²) in [5, 5.41) is 9.86. The first-order valence-electron chi connectivity index (χ1n) is 10.3. The number of hydrogen-bond acceptors (Lipinski definition) is 6. The molecular weight excluding hydrogens is 398 g/mol. The van der Waals surface area contributed by atoms with Crippen LogP contribution in [0.5, 0.6) is 0 Å². The molecule has 0 spiro atoms. The first kappa shape index (κ1) is 22.3. The third-order valence-corrected chi connectivity index (χ3v) is 6.77. The fourth-order valence-corrected chi connectivity index (χ4v) is 4.56. The predicted molar refractivity (Wildman–Crippen MR) is 122 cm³/mol. The van der Waals surface area contributed by atoms with E-state index < -0.39 is 9.84 Å². The number of benzene rings is 2. The summed E-state index contributed by atoms with van der Waals surface area (Å²) in [6, 6.07) is 14.7. The highest BCUT2D eigenvalue weighted by Gasteiger charge is 2.22. The lowest BCUT2D eigenvalue weighted by molar-refractivity contribution is 0.174. The van der Waals surface area contributed by atoms with Gasteiger partial charge in [-0.15, -0.1) is 0 Å². The third-order valence-electron chi connectivity index (χ3n) is 5.04. The van der Waals surface area contributed by atoms with Crippen LogP contribution in [0.3, 0.4) is 0 Å². The van der Waals surface area contributed by atoms with E-state index in [1.165, 1.54) is 0 Å². The van der Waals surface area contributed by atoms with Gasteiger partial charge in [0.25, 0.3) is 0 Å². The quantitative estimate of drug-likeness (QED) is 0.538. The van der Waals surface area contributed by atoms with Gasteiger partial charge in [-0.25, -0.2) is 8.42 Å². The lowest BCUT2D eigenvalue weighted by atomic mass is 10.0. The van der Waals surface area contributed by atoms with Gasteiger partial charge in [0.05, 0.1) is 22.9 Å². The summed E-state index contributed by atoms with van der Waals surface area (Å²) in [4.78, 5) is 0.349. The lowest BCUT2D eigenvalue weighted by Gasteiger charge is -2.29. The first-order valence-corrected chi connectivity index (χ1v) is 12.0. The van der Waals surface area contributed by atoms with Gasteiger partial charge < -0.3 is 15.4 Å². The monoisotopic (exact) mass is 429 g/mol. The lowest BCUT2D eigenvalue weighted by Crippen LogP contribution is -2.39. The van der Waals surface area contributed by atoms with Crippen molar-refractivity contribution in [2.45, 2.75) is 37.4 Å². The topological polar surface area (TPSA) is 79.5 Å². The number of sulfone groups is 1. The van der Waals surface area contributed by atoms with Gasteiger partial charge in [-0.1, -0.05) is 29.8 Å². The van der Waals surface area contributed by atoms with Crippen LogP contribution in [0, 0.1) is 6.92 Å². The van der Waals surface area contributed by atoms with Crippen LogP contribution in [0.25, 0.3) is 5.76 Å². The van der Waals surface area contributed by atoms with E-state index in [-0.39, 0.29) is 18.0 Å². The average molecular weight is 430 g/mol.